The highest BCUT2D eigenvalue weighted by molar-refractivity contribution is 6.03. The lowest BCUT2D eigenvalue weighted by atomic mass is 10.1. The van der Waals surface area contributed by atoms with Gasteiger partial charge in [-0.25, -0.2) is 5.10 Å². The highest BCUT2D eigenvalue weighted by Gasteiger charge is 2.08. The average molecular weight is 398 g/mol. The Morgan fingerprint density at radius 1 is 0.933 bits per heavy atom. The van der Waals surface area contributed by atoms with Crippen molar-refractivity contribution in [2.45, 2.75) is 6.61 Å². The number of carbonyl (C=O) groups excluding carboxylic acids is 1. The van der Waals surface area contributed by atoms with Crippen LogP contribution in [0.1, 0.15) is 27.0 Å². The van der Waals surface area contributed by atoms with Crippen LogP contribution in [0, 0.1) is 0 Å². The van der Waals surface area contributed by atoms with Crippen molar-refractivity contribution >= 4 is 24.0 Å². The molecule has 0 saturated carbocycles. The van der Waals surface area contributed by atoms with Gasteiger partial charge in [0.05, 0.1) is 0 Å². The maximum atomic E-state index is 12.1. The zero-order chi connectivity index (χ0) is 20.6. The van der Waals surface area contributed by atoms with E-state index < -0.39 is 0 Å². The lowest BCUT2D eigenvalue weighted by Gasteiger charge is -2.08. The number of aromatic amines is 1. The number of hydrogen-bond donors (Lipinski definition) is 2. The van der Waals surface area contributed by atoms with E-state index in [0.29, 0.717) is 17.9 Å². The smallest absolute Gasteiger partial charge is 0.258 e. The van der Waals surface area contributed by atoms with Gasteiger partial charge in [-0.15, -0.1) is 0 Å². The molecule has 4 aromatic rings. The summed E-state index contributed by atoms with van der Waals surface area (Å²) in [6.45, 7) is 0.434. The van der Waals surface area contributed by atoms with Gasteiger partial charge < -0.3 is 4.74 Å². The molecule has 0 saturated heterocycles. The second-order valence-corrected chi connectivity index (χ2v) is 6.37. The number of rotatable bonds is 7. The van der Waals surface area contributed by atoms with Crippen molar-refractivity contribution in [3.05, 3.63) is 95.3 Å². The molecule has 2 heterocycles. The number of tetrazole rings is 1. The second kappa shape index (κ2) is 9.24. The van der Waals surface area contributed by atoms with Crippen LogP contribution >= 0.6 is 0 Å². The maximum Gasteiger partial charge on any atom is 0.258 e. The summed E-state index contributed by atoms with van der Waals surface area (Å²) in [5.41, 5.74) is 3.74. The third-order valence-corrected chi connectivity index (χ3v) is 4.25. The van der Waals surface area contributed by atoms with Gasteiger partial charge >= 0.3 is 0 Å². The maximum absolute atomic E-state index is 12.1. The highest BCUT2D eigenvalue weighted by atomic mass is 16.5. The summed E-state index contributed by atoms with van der Waals surface area (Å²) in [6.07, 6.45) is 7.64. The SMILES string of the molecule is O=C(Nc1nnn[nH]1)c1ccc(OCc2ccc(/C=C/c3ccncc3)cc2)cc1. The molecule has 1 amide bonds. The molecule has 0 unspecified atom stereocenters. The minimum atomic E-state index is -0.310. The molecular formula is C22H18N6O2. The molecule has 8 heteroatoms. The number of anilines is 1. The normalized spacial score (nSPS) is 10.8. The van der Waals surface area contributed by atoms with Crippen molar-refractivity contribution in [2.24, 2.45) is 0 Å². The molecule has 8 nitrogen and oxygen atoms in total. The minimum absolute atomic E-state index is 0.194. The van der Waals surface area contributed by atoms with E-state index in [-0.39, 0.29) is 11.9 Å². The number of carbonyl (C=O) groups is 1. The molecule has 4 rings (SSSR count). The van der Waals surface area contributed by atoms with Crippen LogP contribution < -0.4 is 10.1 Å². The van der Waals surface area contributed by atoms with E-state index >= 15 is 0 Å². The fourth-order valence-corrected chi connectivity index (χ4v) is 2.65. The van der Waals surface area contributed by atoms with Gasteiger partial charge in [-0.2, -0.15) is 0 Å². The molecule has 0 spiro atoms. The number of nitrogens with one attached hydrogen (secondary N) is 2. The molecule has 0 aliphatic heterocycles. The second-order valence-electron chi connectivity index (χ2n) is 6.37. The first-order valence-electron chi connectivity index (χ1n) is 9.21. The van der Waals surface area contributed by atoms with Crippen molar-refractivity contribution in [2.75, 3.05) is 5.32 Å². The predicted octanol–water partition coefficient (Wildman–Crippen LogP) is 3.60. The molecule has 0 aliphatic rings. The molecule has 2 aromatic heterocycles. The first-order chi connectivity index (χ1) is 14.8. The zero-order valence-electron chi connectivity index (χ0n) is 15.9. The summed E-state index contributed by atoms with van der Waals surface area (Å²) < 4.78 is 5.81. The molecule has 30 heavy (non-hydrogen) atoms. The summed E-state index contributed by atoms with van der Waals surface area (Å²) >= 11 is 0. The van der Waals surface area contributed by atoms with Gasteiger partial charge in [-0.05, 0) is 63.5 Å². The van der Waals surface area contributed by atoms with Crippen LogP contribution in [-0.4, -0.2) is 31.5 Å². The summed E-state index contributed by atoms with van der Waals surface area (Å²) in [7, 11) is 0. The first kappa shape index (κ1) is 19.0. The average Bonchev–Trinajstić information content (AvgIpc) is 3.31. The summed E-state index contributed by atoms with van der Waals surface area (Å²) in [5, 5.41) is 15.5. The molecule has 2 N–H and O–H groups in total. The van der Waals surface area contributed by atoms with E-state index in [1.807, 2.05) is 42.5 Å². The Labute approximate surface area is 172 Å². The lowest BCUT2D eigenvalue weighted by molar-refractivity contribution is 0.102. The lowest BCUT2D eigenvalue weighted by Crippen LogP contribution is -2.12. The summed E-state index contributed by atoms with van der Waals surface area (Å²) in [5.74, 6) is 0.560. The van der Waals surface area contributed by atoms with Gasteiger partial charge in [0.25, 0.3) is 5.91 Å². The quantitative estimate of drug-likeness (QED) is 0.493. The molecule has 0 bridgehead atoms. The number of nitrogens with zero attached hydrogens (tertiary/aromatic N) is 4. The van der Waals surface area contributed by atoms with Gasteiger partial charge in [-0.1, -0.05) is 41.5 Å². The monoisotopic (exact) mass is 398 g/mol. The fourth-order valence-electron chi connectivity index (χ4n) is 2.65. The standard InChI is InChI=1S/C22H18N6O2/c29-21(24-22-25-27-28-26-22)19-7-9-20(10-8-19)30-15-18-5-3-16(4-6-18)1-2-17-11-13-23-14-12-17/h1-14H,15H2,(H2,24,25,26,27,28,29)/b2-1+. The van der Waals surface area contributed by atoms with Crippen LogP contribution in [-0.2, 0) is 6.61 Å². The topological polar surface area (TPSA) is 106 Å². The third kappa shape index (κ3) is 5.14. The van der Waals surface area contributed by atoms with Crippen LogP contribution in [0.15, 0.2) is 73.1 Å². The molecule has 0 radical (unpaired) electrons. The van der Waals surface area contributed by atoms with Crippen LogP contribution in [0.3, 0.4) is 0 Å². The molecule has 0 atom stereocenters. The van der Waals surface area contributed by atoms with Gasteiger partial charge in [0.1, 0.15) is 12.4 Å². The van der Waals surface area contributed by atoms with E-state index in [4.69, 9.17) is 4.74 Å². The number of hydrogen-bond acceptors (Lipinski definition) is 6. The number of aromatic nitrogens is 5. The van der Waals surface area contributed by atoms with Crippen molar-refractivity contribution in [1.82, 2.24) is 25.6 Å². The largest absolute Gasteiger partial charge is 0.489 e. The Hall–Kier alpha value is -4.33. The third-order valence-electron chi connectivity index (χ3n) is 4.25. The minimum Gasteiger partial charge on any atom is -0.489 e. The molecule has 0 fully saturated rings. The van der Waals surface area contributed by atoms with E-state index in [1.54, 1.807) is 36.7 Å². The number of amides is 1. The summed E-state index contributed by atoms with van der Waals surface area (Å²) in [6, 6.07) is 18.9. The Kier molecular flexibility index (Phi) is 5.86. The van der Waals surface area contributed by atoms with Crippen molar-refractivity contribution in [1.29, 1.82) is 0 Å². The van der Waals surface area contributed by atoms with E-state index in [9.17, 15) is 4.79 Å². The van der Waals surface area contributed by atoms with Gasteiger partial charge in [0.2, 0.25) is 5.95 Å². The van der Waals surface area contributed by atoms with Gasteiger partial charge in [-0.3, -0.25) is 15.1 Å². The predicted molar refractivity (Wildman–Crippen MR) is 113 cm³/mol. The highest BCUT2D eigenvalue weighted by Crippen LogP contribution is 2.16. The fraction of sp³-hybridized carbons (Fsp3) is 0.0455. The van der Waals surface area contributed by atoms with E-state index in [0.717, 1.165) is 16.7 Å². The van der Waals surface area contributed by atoms with Crippen molar-refractivity contribution in [3.8, 4) is 5.75 Å². The Morgan fingerprint density at radius 2 is 1.63 bits per heavy atom. The zero-order valence-corrected chi connectivity index (χ0v) is 15.9. The molecule has 0 aliphatic carbocycles. The number of benzene rings is 2. The number of ether oxygens (including phenoxy) is 1. The molecule has 148 valence electrons. The Bertz CT molecular complexity index is 1110. The van der Waals surface area contributed by atoms with E-state index in [2.05, 4.69) is 37.0 Å². The van der Waals surface area contributed by atoms with Crippen molar-refractivity contribution < 1.29 is 9.53 Å². The first-order valence-corrected chi connectivity index (χ1v) is 9.21. The van der Waals surface area contributed by atoms with Gasteiger partial charge in [0, 0.05) is 18.0 Å². The Balaban J connectivity index is 1.30. The van der Waals surface area contributed by atoms with Crippen LogP contribution in [0.4, 0.5) is 5.95 Å². The molecule has 2 aromatic carbocycles. The van der Waals surface area contributed by atoms with Crippen LogP contribution in [0.5, 0.6) is 5.75 Å². The molecular weight excluding hydrogens is 380 g/mol. The Morgan fingerprint density at radius 3 is 2.30 bits per heavy atom. The van der Waals surface area contributed by atoms with Crippen molar-refractivity contribution in [3.63, 3.8) is 0 Å². The number of pyridine rings is 1. The van der Waals surface area contributed by atoms with E-state index in [1.165, 1.54) is 0 Å². The number of H-pyrrole nitrogens is 1. The van der Waals surface area contributed by atoms with Gasteiger partial charge in [0.15, 0.2) is 0 Å². The van der Waals surface area contributed by atoms with Crippen LogP contribution in [0.2, 0.25) is 0 Å². The summed E-state index contributed by atoms with van der Waals surface area (Å²) in [4.78, 5) is 16.1. The van der Waals surface area contributed by atoms with Crippen LogP contribution in [0.25, 0.3) is 12.2 Å².